The van der Waals surface area contributed by atoms with Crippen LogP contribution in [0.4, 0.5) is 0 Å². The standard InChI is InChI=1S/C20H24N2O4S/c1-16-5-4-6-18(13-16)26-15-20(23)21-14-17-7-9-19(10-8-17)27(24,25)22-11-2-3-12-22/h4-10,13H,2-3,11-12,14-15H2,1H3,(H,21,23). The fourth-order valence-electron chi connectivity index (χ4n) is 2.96. The smallest absolute Gasteiger partial charge is 0.258 e. The lowest BCUT2D eigenvalue weighted by atomic mass is 10.2. The SMILES string of the molecule is Cc1cccc(OCC(=O)NCc2ccc(S(=O)(=O)N3CCCC3)cc2)c1. The van der Waals surface area contributed by atoms with Crippen molar-refractivity contribution < 1.29 is 17.9 Å². The molecule has 0 aromatic heterocycles. The molecule has 0 aliphatic carbocycles. The lowest BCUT2D eigenvalue weighted by Gasteiger charge is -2.15. The summed E-state index contributed by atoms with van der Waals surface area (Å²) >= 11 is 0. The van der Waals surface area contributed by atoms with Crippen LogP contribution in [0.2, 0.25) is 0 Å². The van der Waals surface area contributed by atoms with Gasteiger partial charge in [-0.2, -0.15) is 4.31 Å². The number of carbonyl (C=O) groups is 1. The van der Waals surface area contributed by atoms with Crippen LogP contribution < -0.4 is 10.1 Å². The van der Waals surface area contributed by atoms with Gasteiger partial charge < -0.3 is 10.1 Å². The van der Waals surface area contributed by atoms with Gasteiger partial charge in [-0.1, -0.05) is 24.3 Å². The number of benzene rings is 2. The summed E-state index contributed by atoms with van der Waals surface area (Å²) < 4.78 is 32.0. The van der Waals surface area contributed by atoms with Crippen molar-refractivity contribution in [2.45, 2.75) is 31.2 Å². The third-order valence-corrected chi connectivity index (χ3v) is 6.39. The minimum absolute atomic E-state index is 0.0646. The van der Waals surface area contributed by atoms with Crippen molar-refractivity contribution in [1.29, 1.82) is 0 Å². The molecule has 1 fully saturated rings. The van der Waals surface area contributed by atoms with Gasteiger partial charge >= 0.3 is 0 Å². The van der Waals surface area contributed by atoms with Crippen LogP contribution in [0.5, 0.6) is 5.75 Å². The van der Waals surface area contributed by atoms with Crippen LogP contribution in [-0.4, -0.2) is 38.3 Å². The Bertz CT molecular complexity index is 888. The minimum Gasteiger partial charge on any atom is -0.484 e. The van der Waals surface area contributed by atoms with E-state index in [2.05, 4.69) is 5.32 Å². The average molecular weight is 388 g/mol. The Morgan fingerprint density at radius 3 is 2.48 bits per heavy atom. The Morgan fingerprint density at radius 1 is 1.11 bits per heavy atom. The number of ether oxygens (including phenoxy) is 1. The molecule has 0 bridgehead atoms. The number of rotatable bonds is 7. The fourth-order valence-corrected chi connectivity index (χ4v) is 4.48. The highest BCUT2D eigenvalue weighted by Crippen LogP contribution is 2.21. The van der Waals surface area contributed by atoms with E-state index in [-0.39, 0.29) is 12.5 Å². The van der Waals surface area contributed by atoms with Gasteiger partial charge in [0.05, 0.1) is 4.90 Å². The van der Waals surface area contributed by atoms with Crippen LogP contribution in [0.25, 0.3) is 0 Å². The molecule has 1 N–H and O–H groups in total. The molecule has 1 aliphatic rings. The van der Waals surface area contributed by atoms with Gasteiger partial charge in [0.1, 0.15) is 5.75 Å². The maximum Gasteiger partial charge on any atom is 0.258 e. The fraction of sp³-hybridized carbons (Fsp3) is 0.350. The van der Waals surface area contributed by atoms with Crippen molar-refractivity contribution >= 4 is 15.9 Å². The highest BCUT2D eigenvalue weighted by molar-refractivity contribution is 7.89. The summed E-state index contributed by atoms with van der Waals surface area (Å²) in [6.07, 6.45) is 1.82. The number of hydrogen-bond donors (Lipinski definition) is 1. The van der Waals surface area contributed by atoms with Gasteiger partial charge in [0.25, 0.3) is 5.91 Å². The van der Waals surface area contributed by atoms with E-state index >= 15 is 0 Å². The first kappa shape index (κ1) is 19.4. The van der Waals surface area contributed by atoms with Crippen molar-refractivity contribution in [3.05, 3.63) is 59.7 Å². The molecule has 0 unspecified atom stereocenters. The van der Waals surface area contributed by atoms with Gasteiger partial charge in [-0.25, -0.2) is 8.42 Å². The molecular weight excluding hydrogens is 364 g/mol. The number of aryl methyl sites for hydroxylation is 1. The lowest BCUT2D eigenvalue weighted by molar-refractivity contribution is -0.123. The summed E-state index contributed by atoms with van der Waals surface area (Å²) in [5.41, 5.74) is 1.90. The van der Waals surface area contributed by atoms with Crippen molar-refractivity contribution in [2.24, 2.45) is 0 Å². The average Bonchev–Trinajstić information content (AvgIpc) is 3.21. The molecule has 7 heteroatoms. The lowest BCUT2D eigenvalue weighted by Crippen LogP contribution is -2.29. The molecule has 0 radical (unpaired) electrons. The number of amides is 1. The van der Waals surface area contributed by atoms with Crippen molar-refractivity contribution in [2.75, 3.05) is 19.7 Å². The van der Waals surface area contributed by atoms with E-state index in [4.69, 9.17) is 4.74 Å². The van der Waals surface area contributed by atoms with Crippen LogP contribution in [-0.2, 0) is 21.4 Å². The van der Waals surface area contributed by atoms with E-state index in [1.165, 1.54) is 4.31 Å². The topological polar surface area (TPSA) is 75.7 Å². The minimum atomic E-state index is -3.40. The van der Waals surface area contributed by atoms with E-state index in [9.17, 15) is 13.2 Å². The van der Waals surface area contributed by atoms with Gasteiger partial charge in [0.15, 0.2) is 6.61 Å². The molecule has 2 aromatic rings. The molecule has 1 saturated heterocycles. The molecule has 144 valence electrons. The number of nitrogens with zero attached hydrogens (tertiary/aromatic N) is 1. The van der Waals surface area contributed by atoms with E-state index in [1.807, 2.05) is 25.1 Å². The van der Waals surface area contributed by atoms with Gasteiger partial charge in [-0.15, -0.1) is 0 Å². The molecule has 0 spiro atoms. The molecule has 27 heavy (non-hydrogen) atoms. The van der Waals surface area contributed by atoms with E-state index in [0.29, 0.717) is 30.3 Å². The predicted octanol–water partition coefficient (Wildman–Crippen LogP) is 2.47. The Balaban J connectivity index is 1.50. The quantitative estimate of drug-likeness (QED) is 0.791. The van der Waals surface area contributed by atoms with Gasteiger partial charge in [0.2, 0.25) is 10.0 Å². The normalized spacial score (nSPS) is 14.9. The van der Waals surface area contributed by atoms with Crippen LogP contribution in [0.3, 0.4) is 0 Å². The van der Waals surface area contributed by atoms with Crippen LogP contribution >= 0.6 is 0 Å². The second-order valence-electron chi connectivity index (χ2n) is 6.64. The van der Waals surface area contributed by atoms with Gasteiger partial charge in [-0.05, 0) is 55.2 Å². The third kappa shape index (κ3) is 5.08. The number of hydrogen-bond acceptors (Lipinski definition) is 4. The maximum absolute atomic E-state index is 12.5. The summed E-state index contributed by atoms with van der Waals surface area (Å²) in [7, 11) is -3.40. The summed E-state index contributed by atoms with van der Waals surface area (Å²) in [6.45, 7) is 3.38. The number of nitrogens with one attached hydrogen (secondary N) is 1. The maximum atomic E-state index is 12.5. The first-order valence-corrected chi connectivity index (χ1v) is 10.4. The Kier molecular flexibility index (Phi) is 6.13. The molecule has 2 aromatic carbocycles. The number of carbonyl (C=O) groups excluding carboxylic acids is 1. The summed E-state index contributed by atoms with van der Waals surface area (Å²) in [5.74, 6) is 0.423. The first-order chi connectivity index (χ1) is 12.9. The van der Waals surface area contributed by atoms with Crippen molar-refractivity contribution in [3.8, 4) is 5.75 Å². The highest BCUT2D eigenvalue weighted by Gasteiger charge is 2.26. The Hall–Kier alpha value is -2.38. The zero-order chi connectivity index (χ0) is 19.3. The molecule has 1 heterocycles. The second kappa shape index (κ2) is 8.54. The van der Waals surface area contributed by atoms with Crippen LogP contribution in [0, 0.1) is 6.92 Å². The van der Waals surface area contributed by atoms with Crippen LogP contribution in [0.15, 0.2) is 53.4 Å². The summed E-state index contributed by atoms with van der Waals surface area (Å²) in [4.78, 5) is 12.2. The van der Waals surface area contributed by atoms with E-state index < -0.39 is 10.0 Å². The van der Waals surface area contributed by atoms with Crippen molar-refractivity contribution in [1.82, 2.24) is 9.62 Å². The molecule has 0 saturated carbocycles. The summed E-state index contributed by atoms with van der Waals surface area (Å²) in [5, 5.41) is 2.77. The molecular formula is C20H24N2O4S. The van der Waals surface area contributed by atoms with Gasteiger partial charge in [0, 0.05) is 19.6 Å². The monoisotopic (exact) mass is 388 g/mol. The van der Waals surface area contributed by atoms with Gasteiger partial charge in [-0.3, -0.25) is 4.79 Å². The highest BCUT2D eigenvalue weighted by atomic mass is 32.2. The molecule has 1 aliphatic heterocycles. The number of sulfonamides is 1. The zero-order valence-electron chi connectivity index (χ0n) is 15.3. The van der Waals surface area contributed by atoms with E-state index in [1.54, 1.807) is 30.3 Å². The Morgan fingerprint density at radius 2 is 1.81 bits per heavy atom. The molecule has 6 nitrogen and oxygen atoms in total. The third-order valence-electron chi connectivity index (χ3n) is 4.48. The molecule has 0 atom stereocenters. The summed E-state index contributed by atoms with van der Waals surface area (Å²) in [6, 6.07) is 14.2. The predicted molar refractivity (Wildman–Crippen MR) is 103 cm³/mol. The zero-order valence-corrected chi connectivity index (χ0v) is 16.2. The van der Waals surface area contributed by atoms with Crippen molar-refractivity contribution in [3.63, 3.8) is 0 Å². The molecule has 3 rings (SSSR count). The second-order valence-corrected chi connectivity index (χ2v) is 8.57. The van der Waals surface area contributed by atoms with E-state index in [0.717, 1.165) is 24.0 Å². The Labute approximate surface area is 160 Å². The van der Waals surface area contributed by atoms with Crippen LogP contribution in [0.1, 0.15) is 24.0 Å². The largest absolute Gasteiger partial charge is 0.484 e. The molecule has 1 amide bonds. The first-order valence-electron chi connectivity index (χ1n) is 9.00.